The first-order valence-corrected chi connectivity index (χ1v) is 6.74. The van der Waals surface area contributed by atoms with Crippen LogP contribution in [0.25, 0.3) is 0 Å². The van der Waals surface area contributed by atoms with E-state index in [1.807, 2.05) is 0 Å². The Morgan fingerprint density at radius 2 is 1.62 bits per heavy atom. The molecule has 2 aromatic carbocycles. The van der Waals surface area contributed by atoms with Gasteiger partial charge in [-0.2, -0.15) is 13.2 Å². The number of alkyl halides is 3. The van der Waals surface area contributed by atoms with Gasteiger partial charge in [0.15, 0.2) is 5.78 Å². The van der Waals surface area contributed by atoms with E-state index in [1.54, 1.807) is 0 Å². The molecule has 0 saturated carbocycles. The predicted molar refractivity (Wildman–Crippen MR) is 74.0 cm³/mol. The smallest absolute Gasteiger partial charge is 0.289 e. The normalized spacial score (nSPS) is 11.5. The Balaban J connectivity index is 2.40. The van der Waals surface area contributed by atoms with Gasteiger partial charge in [0.2, 0.25) is 0 Å². The molecule has 2 rings (SSSR count). The van der Waals surface area contributed by atoms with E-state index in [4.69, 9.17) is 11.6 Å². The monoisotopic (exact) mass is 380 g/mol. The molecule has 0 atom stereocenters. The Morgan fingerprint density at radius 3 is 2.14 bits per heavy atom. The number of rotatable bonds is 2. The molecule has 0 aromatic heterocycles. The Morgan fingerprint density at radius 1 is 1.05 bits per heavy atom. The Labute approximate surface area is 130 Å². The van der Waals surface area contributed by atoms with E-state index >= 15 is 0 Å². The summed E-state index contributed by atoms with van der Waals surface area (Å²) in [5.41, 5.74) is -1.44. The molecule has 1 nitrogen and oxygen atoms in total. The van der Waals surface area contributed by atoms with Crippen LogP contribution in [0.4, 0.5) is 17.6 Å². The first-order valence-electron chi connectivity index (χ1n) is 5.56. The maximum absolute atomic E-state index is 13.5. The number of benzene rings is 2. The average molecular weight is 382 g/mol. The molecule has 0 saturated heterocycles. The highest BCUT2D eigenvalue weighted by Gasteiger charge is 2.34. The molecule has 2 aromatic rings. The Hall–Kier alpha value is -1.40. The van der Waals surface area contributed by atoms with Crippen molar-refractivity contribution in [2.75, 3.05) is 0 Å². The largest absolute Gasteiger partial charge is 0.419 e. The van der Waals surface area contributed by atoms with E-state index in [2.05, 4.69) is 15.9 Å². The fourth-order valence-corrected chi connectivity index (χ4v) is 2.12. The van der Waals surface area contributed by atoms with Gasteiger partial charge in [-0.15, -0.1) is 0 Å². The minimum Gasteiger partial charge on any atom is -0.289 e. The maximum Gasteiger partial charge on any atom is 0.419 e. The molecular weight excluding hydrogens is 376 g/mol. The molecule has 7 heteroatoms. The molecule has 0 aliphatic heterocycles. The van der Waals surface area contributed by atoms with Crippen LogP contribution in [0.15, 0.2) is 40.9 Å². The molecule has 0 amide bonds. The van der Waals surface area contributed by atoms with Crippen LogP contribution < -0.4 is 0 Å². The van der Waals surface area contributed by atoms with Gasteiger partial charge in [0.05, 0.1) is 10.6 Å². The van der Waals surface area contributed by atoms with Crippen molar-refractivity contribution in [1.82, 2.24) is 0 Å². The number of hydrogen-bond acceptors (Lipinski definition) is 1. The first kappa shape index (κ1) is 16.0. The molecule has 0 aliphatic carbocycles. The number of carbonyl (C=O) groups excluding carboxylic acids is 1. The van der Waals surface area contributed by atoms with Gasteiger partial charge in [0.1, 0.15) is 5.82 Å². The van der Waals surface area contributed by atoms with Gasteiger partial charge in [0.25, 0.3) is 0 Å². The van der Waals surface area contributed by atoms with E-state index in [-0.39, 0.29) is 16.1 Å². The molecule has 0 aliphatic rings. The molecule has 0 N–H and O–H groups in total. The number of carbonyl (C=O) groups is 1. The van der Waals surface area contributed by atoms with Gasteiger partial charge < -0.3 is 0 Å². The van der Waals surface area contributed by atoms with Crippen LogP contribution in [0.1, 0.15) is 21.5 Å². The number of ketones is 1. The zero-order chi connectivity index (χ0) is 15.8. The van der Waals surface area contributed by atoms with Gasteiger partial charge in [-0.25, -0.2) is 4.39 Å². The topological polar surface area (TPSA) is 17.1 Å². The SMILES string of the molecule is O=C(c1ccc(C(F)(F)F)c(F)c1)c1ccc(Br)c(Cl)c1. The number of hydrogen-bond donors (Lipinski definition) is 0. The lowest BCUT2D eigenvalue weighted by molar-refractivity contribution is -0.140. The second-order valence-electron chi connectivity index (χ2n) is 4.15. The Kier molecular flexibility index (Phi) is 4.39. The van der Waals surface area contributed by atoms with Crippen LogP contribution in [-0.4, -0.2) is 5.78 Å². The minimum absolute atomic E-state index is 0.155. The third kappa shape index (κ3) is 3.44. The van der Waals surface area contributed by atoms with E-state index in [0.29, 0.717) is 16.6 Å². The lowest BCUT2D eigenvalue weighted by Gasteiger charge is -2.09. The minimum atomic E-state index is -4.80. The van der Waals surface area contributed by atoms with Crippen LogP contribution in [0, 0.1) is 5.82 Å². The molecule has 21 heavy (non-hydrogen) atoms. The summed E-state index contributed by atoms with van der Waals surface area (Å²) in [6.45, 7) is 0. The van der Waals surface area contributed by atoms with Gasteiger partial charge in [-0.1, -0.05) is 17.7 Å². The highest BCUT2D eigenvalue weighted by Crippen LogP contribution is 2.32. The van der Waals surface area contributed by atoms with E-state index in [1.165, 1.54) is 18.2 Å². The summed E-state index contributed by atoms with van der Waals surface area (Å²) in [7, 11) is 0. The second-order valence-corrected chi connectivity index (χ2v) is 5.41. The van der Waals surface area contributed by atoms with Gasteiger partial charge in [0, 0.05) is 15.6 Å². The zero-order valence-electron chi connectivity index (χ0n) is 10.1. The van der Waals surface area contributed by atoms with Gasteiger partial charge in [-0.3, -0.25) is 4.79 Å². The summed E-state index contributed by atoms with van der Waals surface area (Å²) in [4.78, 5) is 12.1. The molecule has 110 valence electrons. The highest BCUT2D eigenvalue weighted by molar-refractivity contribution is 9.10. The number of halogens is 6. The fourth-order valence-electron chi connectivity index (χ4n) is 1.69. The standard InChI is InChI=1S/C14H6BrClF4O/c15-10-4-2-7(5-11(10)16)13(21)8-1-3-9(12(17)6-8)14(18,19)20/h1-6H. The molecule has 0 fully saturated rings. The van der Waals surface area contributed by atoms with Gasteiger partial charge >= 0.3 is 6.18 Å². The van der Waals surface area contributed by atoms with E-state index < -0.39 is 23.3 Å². The summed E-state index contributed by atoms with van der Waals surface area (Å²) >= 11 is 8.99. The van der Waals surface area contributed by atoms with Crippen LogP contribution in [-0.2, 0) is 6.18 Å². The van der Waals surface area contributed by atoms with Crippen LogP contribution in [0.3, 0.4) is 0 Å². The molecule has 0 radical (unpaired) electrons. The summed E-state index contributed by atoms with van der Waals surface area (Å²) < 4.78 is 51.4. The van der Waals surface area contributed by atoms with Crippen molar-refractivity contribution < 1.29 is 22.4 Å². The summed E-state index contributed by atoms with van der Waals surface area (Å²) in [6, 6.07) is 6.36. The summed E-state index contributed by atoms with van der Waals surface area (Å²) in [5, 5.41) is 0.272. The third-order valence-electron chi connectivity index (χ3n) is 2.72. The van der Waals surface area contributed by atoms with Gasteiger partial charge in [-0.05, 0) is 46.3 Å². The second kappa shape index (κ2) is 5.77. The summed E-state index contributed by atoms with van der Waals surface area (Å²) in [6.07, 6.45) is -4.80. The van der Waals surface area contributed by atoms with Crippen molar-refractivity contribution in [3.63, 3.8) is 0 Å². The third-order valence-corrected chi connectivity index (χ3v) is 3.95. The average Bonchev–Trinajstić information content (AvgIpc) is 2.39. The Bertz CT molecular complexity index is 713. The van der Waals surface area contributed by atoms with Crippen LogP contribution in [0.5, 0.6) is 0 Å². The van der Waals surface area contributed by atoms with Crippen molar-refractivity contribution in [2.45, 2.75) is 6.18 Å². The zero-order valence-corrected chi connectivity index (χ0v) is 12.5. The van der Waals surface area contributed by atoms with E-state index in [0.717, 1.165) is 6.07 Å². The van der Waals surface area contributed by atoms with Crippen molar-refractivity contribution in [2.24, 2.45) is 0 Å². The highest BCUT2D eigenvalue weighted by atomic mass is 79.9. The summed E-state index contributed by atoms with van der Waals surface area (Å²) in [5.74, 6) is -2.10. The van der Waals surface area contributed by atoms with Crippen molar-refractivity contribution in [1.29, 1.82) is 0 Å². The van der Waals surface area contributed by atoms with E-state index in [9.17, 15) is 22.4 Å². The van der Waals surface area contributed by atoms with Crippen molar-refractivity contribution in [3.05, 3.63) is 68.4 Å². The molecule has 0 unspecified atom stereocenters. The van der Waals surface area contributed by atoms with Crippen LogP contribution >= 0.6 is 27.5 Å². The predicted octanol–water partition coefficient (Wildman–Crippen LogP) is 5.49. The first-order chi connectivity index (χ1) is 9.70. The molecule has 0 spiro atoms. The van der Waals surface area contributed by atoms with Crippen LogP contribution in [0.2, 0.25) is 5.02 Å². The maximum atomic E-state index is 13.5. The molecule has 0 heterocycles. The van der Waals surface area contributed by atoms with Crippen molar-refractivity contribution >= 4 is 33.3 Å². The molecular formula is C14H6BrClF4O. The van der Waals surface area contributed by atoms with Crippen molar-refractivity contribution in [3.8, 4) is 0 Å². The fraction of sp³-hybridized carbons (Fsp3) is 0.0714. The quantitative estimate of drug-likeness (QED) is 0.496. The molecule has 0 bridgehead atoms. The lowest BCUT2D eigenvalue weighted by Crippen LogP contribution is -2.10. The lowest BCUT2D eigenvalue weighted by atomic mass is 10.0.